The zero-order valence-electron chi connectivity index (χ0n) is 13.8. The summed E-state index contributed by atoms with van der Waals surface area (Å²) < 4.78 is 26.9. The molecule has 0 spiro atoms. The summed E-state index contributed by atoms with van der Waals surface area (Å²) in [6, 6.07) is 8.55. The quantitative estimate of drug-likeness (QED) is 0.611. The number of carbonyl (C=O) groups is 2. The summed E-state index contributed by atoms with van der Waals surface area (Å²) in [5, 5.41) is 0. The van der Waals surface area contributed by atoms with Crippen molar-refractivity contribution in [3.8, 4) is 11.3 Å². The molecule has 1 saturated heterocycles. The lowest BCUT2D eigenvalue weighted by atomic mass is 10.1. The minimum absolute atomic E-state index is 0.0174. The molecule has 2 amide bonds. The minimum Gasteiger partial charge on any atom is -0.370 e. The highest BCUT2D eigenvalue weighted by Gasteiger charge is 2.32. The van der Waals surface area contributed by atoms with Crippen LogP contribution < -0.4 is 5.73 Å². The number of pyridine rings is 1. The Morgan fingerprint density at radius 2 is 2.04 bits per heavy atom. The SMILES string of the molecule is NC(=O)CCN1C(=O)/C(=C/c2cccc(-c3ccc(F)c(F)c3)n2)SC1=S. The third-order valence-electron chi connectivity index (χ3n) is 3.72. The monoisotopic (exact) mass is 405 g/mol. The summed E-state index contributed by atoms with van der Waals surface area (Å²) in [6.45, 7) is 0.125. The second kappa shape index (κ2) is 7.93. The fourth-order valence-corrected chi connectivity index (χ4v) is 3.69. The molecule has 1 aromatic heterocycles. The van der Waals surface area contributed by atoms with Crippen molar-refractivity contribution in [2.24, 2.45) is 5.73 Å². The van der Waals surface area contributed by atoms with Gasteiger partial charge in [-0.3, -0.25) is 14.5 Å². The van der Waals surface area contributed by atoms with Crippen molar-refractivity contribution < 1.29 is 18.4 Å². The van der Waals surface area contributed by atoms with Gasteiger partial charge >= 0.3 is 0 Å². The number of rotatable bonds is 5. The van der Waals surface area contributed by atoms with E-state index < -0.39 is 17.5 Å². The normalized spacial score (nSPS) is 15.6. The summed E-state index contributed by atoms with van der Waals surface area (Å²) in [5.74, 6) is -2.75. The van der Waals surface area contributed by atoms with Crippen molar-refractivity contribution in [2.75, 3.05) is 6.54 Å². The van der Waals surface area contributed by atoms with Gasteiger partial charge in [0.15, 0.2) is 11.6 Å². The van der Waals surface area contributed by atoms with Crippen molar-refractivity contribution in [1.29, 1.82) is 0 Å². The first-order valence-electron chi connectivity index (χ1n) is 7.81. The lowest BCUT2D eigenvalue weighted by Gasteiger charge is -2.12. The van der Waals surface area contributed by atoms with Gasteiger partial charge in [-0.15, -0.1) is 0 Å². The molecule has 9 heteroatoms. The maximum Gasteiger partial charge on any atom is 0.266 e. The van der Waals surface area contributed by atoms with Gasteiger partial charge in [0, 0.05) is 18.5 Å². The fourth-order valence-electron chi connectivity index (χ4n) is 2.40. The second-order valence-electron chi connectivity index (χ2n) is 5.63. The van der Waals surface area contributed by atoms with Crippen molar-refractivity contribution in [1.82, 2.24) is 9.88 Å². The molecule has 0 saturated carbocycles. The summed E-state index contributed by atoms with van der Waals surface area (Å²) in [4.78, 5) is 29.4. The Kier molecular flexibility index (Phi) is 5.62. The molecule has 0 aliphatic carbocycles. The van der Waals surface area contributed by atoms with E-state index in [1.807, 2.05) is 0 Å². The largest absolute Gasteiger partial charge is 0.370 e. The highest BCUT2D eigenvalue weighted by atomic mass is 32.2. The van der Waals surface area contributed by atoms with E-state index in [0.29, 0.717) is 26.2 Å². The fraction of sp³-hybridized carbons (Fsp3) is 0.111. The number of carbonyl (C=O) groups excluding carboxylic acids is 2. The molecule has 5 nitrogen and oxygen atoms in total. The van der Waals surface area contributed by atoms with E-state index in [1.54, 1.807) is 24.3 Å². The molecule has 1 aromatic carbocycles. The van der Waals surface area contributed by atoms with E-state index in [-0.39, 0.29) is 18.9 Å². The predicted molar refractivity (Wildman–Crippen MR) is 103 cm³/mol. The van der Waals surface area contributed by atoms with Crippen molar-refractivity contribution in [3.05, 3.63) is 58.6 Å². The van der Waals surface area contributed by atoms with Gasteiger partial charge in [-0.1, -0.05) is 30.0 Å². The van der Waals surface area contributed by atoms with Gasteiger partial charge in [0.2, 0.25) is 5.91 Å². The van der Waals surface area contributed by atoms with Crippen LogP contribution in [-0.2, 0) is 9.59 Å². The average Bonchev–Trinajstić information content (AvgIpc) is 2.89. The van der Waals surface area contributed by atoms with Gasteiger partial charge in [-0.25, -0.2) is 13.8 Å². The Morgan fingerprint density at radius 3 is 2.74 bits per heavy atom. The molecule has 0 bridgehead atoms. The topological polar surface area (TPSA) is 76.3 Å². The molecule has 3 rings (SSSR count). The third-order valence-corrected chi connectivity index (χ3v) is 5.10. The minimum atomic E-state index is -0.963. The van der Waals surface area contributed by atoms with E-state index in [2.05, 4.69) is 4.98 Å². The van der Waals surface area contributed by atoms with Gasteiger partial charge < -0.3 is 5.73 Å². The zero-order chi connectivity index (χ0) is 19.6. The molecule has 2 N–H and O–H groups in total. The lowest BCUT2D eigenvalue weighted by molar-refractivity contribution is -0.123. The van der Waals surface area contributed by atoms with E-state index in [4.69, 9.17) is 18.0 Å². The van der Waals surface area contributed by atoms with Crippen molar-refractivity contribution >= 4 is 46.2 Å². The number of hydrogen-bond donors (Lipinski definition) is 1. The molecule has 1 fully saturated rings. The molecule has 138 valence electrons. The standard InChI is InChI=1S/C18H13F2N3O2S2/c19-12-5-4-10(8-13(12)20)14-3-1-2-11(22-14)9-15-17(25)23(18(26)27-15)7-6-16(21)24/h1-5,8-9H,6-7H2,(H2,21,24)/b15-9-. The maximum absolute atomic E-state index is 13.4. The van der Waals surface area contributed by atoms with E-state index >= 15 is 0 Å². The number of benzene rings is 1. The number of halogens is 2. The number of aromatic nitrogens is 1. The number of nitrogens with two attached hydrogens (primary N) is 1. The van der Waals surface area contributed by atoms with Crippen LogP contribution in [0.25, 0.3) is 17.3 Å². The van der Waals surface area contributed by atoms with E-state index in [0.717, 1.165) is 23.9 Å². The van der Waals surface area contributed by atoms with Crippen LogP contribution in [0.4, 0.5) is 8.78 Å². The summed E-state index contributed by atoms with van der Waals surface area (Å²) in [5.41, 5.74) is 6.43. The molecule has 0 atom stereocenters. The summed E-state index contributed by atoms with van der Waals surface area (Å²) in [7, 11) is 0. The van der Waals surface area contributed by atoms with Crippen LogP contribution in [0.2, 0.25) is 0 Å². The number of thioether (sulfide) groups is 1. The molecule has 1 aliphatic rings. The van der Waals surface area contributed by atoms with E-state index in [9.17, 15) is 18.4 Å². The highest BCUT2D eigenvalue weighted by Crippen LogP contribution is 2.32. The van der Waals surface area contributed by atoms with E-state index in [1.165, 1.54) is 11.0 Å². The maximum atomic E-state index is 13.4. The molecule has 0 radical (unpaired) electrons. The van der Waals surface area contributed by atoms with Crippen LogP contribution in [0.15, 0.2) is 41.3 Å². The molecule has 1 aliphatic heterocycles. The van der Waals surface area contributed by atoms with Crippen LogP contribution >= 0.6 is 24.0 Å². The summed E-state index contributed by atoms with van der Waals surface area (Å²) >= 11 is 6.27. The van der Waals surface area contributed by atoms with Gasteiger partial charge in [0.05, 0.1) is 16.3 Å². The van der Waals surface area contributed by atoms with Gasteiger partial charge in [-0.05, 0) is 36.4 Å². The smallest absolute Gasteiger partial charge is 0.266 e. The first kappa shape index (κ1) is 19.1. The molecule has 2 aromatic rings. The van der Waals surface area contributed by atoms with Crippen LogP contribution in [0.1, 0.15) is 12.1 Å². The van der Waals surface area contributed by atoms with Crippen molar-refractivity contribution in [2.45, 2.75) is 6.42 Å². The molecule has 2 heterocycles. The first-order chi connectivity index (χ1) is 12.8. The Morgan fingerprint density at radius 1 is 1.26 bits per heavy atom. The van der Waals surface area contributed by atoms with Crippen LogP contribution in [0.5, 0.6) is 0 Å². The number of amides is 2. The highest BCUT2D eigenvalue weighted by molar-refractivity contribution is 8.26. The van der Waals surface area contributed by atoms with Crippen LogP contribution in [0, 0.1) is 11.6 Å². The number of hydrogen-bond acceptors (Lipinski definition) is 5. The third kappa shape index (κ3) is 4.37. The number of thiocarbonyl (C=S) groups is 1. The second-order valence-corrected chi connectivity index (χ2v) is 7.30. The van der Waals surface area contributed by atoms with Crippen LogP contribution in [0.3, 0.4) is 0 Å². The average molecular weight is 405 g/mol. The van der Waals surface area contributed by atoms with Gasteiger partial charge in [0.1, 0.15) is 4.32 Å². The van der Waals surface area contributed by atoms with Crippen molar-refractivity contribution in [3.63, 3.8) is 0 Å². The zero-order valence-corrected chi connectivity index (χ0v) is 15.4. The van der Waals surface area contributed by atoms with Gasteiger partial charge in [-0.2, -0.15) is 0 Å². The molecule has 0 unspecified atom stereocenters. The molecular formula is C18H13F2N3O2S2. The van der Waals surface area contributed by atoms with Gasteiger partial charge in [0.25, 0.3) is 5.91 Å². The Labute approximate surface area is 163 Å². The van der Waals surface area contributed by atoms with Crippen LogP contribution in [-0.4, -0.2) is 32.6 Å². The number of nitrogens with zero attached hydrogens (tertiary/aromatic N) is 2. The predicted octanol–water partition coefficient (Wildman–Crippen LogP) is 3.10. The Bertz CT molecular complexity index is 979. The Balaban J connectivity index is 1.85. The molecule has 27 heavy (non-hydrogen) atoms. The lowest BCUT2D eigenvalue weighted by Crippen LogP contribution is -2.31. The molecular weight excluding hydrogens is 392 g/mol. The Hall–Kier alpha value is -2.65. The summed E-state index contributed by atoms with van der Waals surface area (Å²) in [6.07, 6.45) is 1.58. The first-order valence-corrected chi connectivity index (χ1v) is 9.04. The number of primary amides is 1.